The summed E-state index contributed by atoms with van der Waals surface area (Å²) < 4.78 is 5.39. The summed E-state index contributed by atoms with van der Waals surface area (Å²) in [7, 11) is 1.69. The van der Waals surface area contributed by atoms with Gasteiger partial charge in [-0.15, -0.1) is 0 Å². The number of aryl methyl sites for hydroxylation is 1. The average molecular weight is 251 g/mol. The highest BCUT2D eigenvalue weighted by Gasteiger charge is 2.19. The van der Waals surface area contributed by atoms with Gasteiger partial charge in [-0.1, -0.05) is 31.5 Å². The molecule has 0 spiro atoms. The second kappa shape index (κ2) is 6.21. The molecule has 102 valence electrons. The Kier molecular flexibility index (Phi) is 5.17. The van der Waals surface area contributed by atoms with Crippen LogP contribution in [0, 0.1) is 12.3 Å². The minimum absolute atomic E-state index is 0.106. The maximum atomic E-state index is 9.26. The summed E-state index contributed by atoms with van der Waals surface area (Å²) in [4.78, 5) is 0. The molecule has 0 bridgehead atoms. The highest BCUT2D eigenvalue weighted by molar-refractivity contribution is 5.38. The van der Waals surface area contributed by atoms with E-state index in [1.54, 1.807) is 7.11 Å². The van der Waals surface area contributed by atoms with Crippen LogP contribution >= 0.6 is 0 Å². The van der Waals surface area contributed by atoms with Gasteiger partial charge in [0.25, 0.3) is 0 Å². The van der Waals surface area contributed by atoms with Gasteiger partial charge in [-0.3, -0.25) is 0 Å². The van der Waals surface area contributed by atoms with Gasteiger partial charge >= 0.3 is 0 Å². The van der Waals surface area contributed by atoms with E-state index in [1.165, 1.54) is 5.56 Å². The molecule has 3 nitrogen and oxygen atoms in total. The molecule has 0 saturated carbocycles. The number of ether oxygens (including phenoxy) is 1. The minimum atomic E-state index is -0.106. The van der Waals surface area contributed by atoms with Gasteiger partial charge in [-0.05, 0) is 19.9 Å². The number of rotatable bonds is 6. The number of hydrogen-bond acceptors (Lipinski definition) is 3. The minimum Gasteiger partial charge on any atom is -0.496 e. The average Bonchev–Trinajstić information content (AvgIpc) is 2.36. The smallest absolute Gasteiger partial charge is 0.123 e. The normalized spacial score (nSPS) is 13.4. The molecule has 1 aromatic carbocycles. The molecule has 1 aromatic rings. The molecule has 1 rings (SSSR count). The van der Waals surface area contributed by atoms with Crippen LogP contribution in [0.2, 0.25) is 0 Å². The second-order valence-corrected chi connectivity index (χ2v) is 5.67. The Bertz CT molecular complexity index is 388. The molecular formula is C15H25NO2. The quantitative estimate of drug-likeness (QED) is 0.816. The first-order chi connectivity index (χ1) is 8.39. The first kappa shape index (κ1) is 15.0. The van der Waals surface area contributed by atoms with Crippen LogP contribution in [0.15, 0.2) is 18.2 Å². The standard InChI is InChI=1S/C15H25NO2/c1-11-6-7-14(18-5)13(8-11)12(2)16-9-15(3,4)10-17/h6-8,12,16-17H,9-10H2,1-5H3. The lowest BCUT2D eigenvalue weighted by Crippen LogP contribution is -2.33. The van der Waals surface area contributed by atoms with Crippen LogP contribution in [0.4, 0.5) is 0 Å². The number of aliphatic hydroxyl groups excluding tert-OH is 1. The summed E-state index contributed by atoms with van der Waals surface area (Å²) in [5.74, 6) is 0.905. The Hall–Kier alpha value is -1.06. The van der Waals surface area contributed by atoms with E-state index in [-0.39, 0.29) is 18.1 Å². The van der Waals surface area contributed by atoms with Gasteiger partial charge in [-0.2, -0.15) is 0 Å². The second-order valence-electron chi connectivity index (χ2n) is 5.67. The molecule has 0 saturated heterocycles. The lowest BCUT2D eigenvalue weighted by molar-refractivity contribution is 0.153. The molecule has 2 N–H and O–H groups in total. The van der Waals surface area contributed by atoms with E-state index in [4.69, 9.17) is 4.74 Å². The van der Waals surface area contributed by atoms with Crippen molar-refractivity contribution in [2.45, 2.75) is 33.7 Å². The first-order valence-electron chi connectivity index (χ1n) is 6.38. The van der Waals surface area contributed by atoms with Crippen LogP contribution in [-0.4, -0.2) is 25.4 Å². The summed E-state index contributed by atoms with van der Waals surface area (Å²) in [5.41, 5.74) is 2.28. The van der Waals surface area contributed by atoms with Crippen LogP contribution in [0.5, 0.6) is 5.75 Å². The topological polar surface area (TPSA) is 41.5 Å². The van der Waals surface area contributed by atoms with Crippen molar-refractivity contribution < 1.29 is 9.84 Å². The number of methoxy groups -OCH3 is 1. The van der Waals surface area contributed by atoms with Crippen LogP contribution in [-0.2, 0) is 0 Å². The Morgan fingerprint density at radius 1 is 1.39 bits per heavy atom. The fraction of sp³-hybridized carbons (Fsp3) is 0.600. The van der Waals surface area contributed by atoms with E-state index >= 15 is 0 Å². The monoisotopic (exact) mass is 251 g/mol. The molecule has 18 heavy (non-hydrogen) atoms. The lowest BCUT2D eigenvalue weighted by Gasteiger charge is -2.26. The zero-order valence-corrected chi connectivity index (χ0v) is 12.1. The maximum absolute atomic E-state index is 9.26. The summed E-state index contributed by atoms with van der Waals surface area (Å²) in [5, 5.41) is 12.7. The van der Waals surface area contributed by atoms with Crippen LogP contribution < -0.4 is 10.1 Å². The zero-order valence-electron chi connectivity index (χ0n) is 12.1. The molecule has 0 amide bonds. The Morgan fingerprint density at radius 3 is 2.61 bits per heavy atom. The van der Waals surface area contributed by atoms with Gasteiger partial charge in [0, 0.05) is 30.2 Å². The SMILES string of the molecule is COc1ccc(C)cc1C(C)NCC(C)(C)CO. The molecule has 0 aromatic heterocycles. The van der Waals surface area contributed by atoms with Crippen LogP contribution in [0.1, 0.15) is 37.9 Å². The third-order valence-electron chi connectivity index (χ3n) is 3.17. The van der Waals surface area contributed by atoms with E-state index in [0.717, 1.165) is 17.9 Å². The molecule has 1 atom stereocenters. The molecular weight excluding hydrogens is 226 g/mol. The third-order valence-corrected chi connectivity index (χ3v) is 3.17. The van der Waals surface area contributed by atoms with Crippen molar-refractivity contribution >= 4 is 0 Å². The number of aliphatic hydroxyl groups is 1. The van der Waals surface area contributed by atoms with E-state index in [9.17, 15) is 5.11 Å². The van der Waals surface area contributed by atoms with Crippen molar-refractivity contribution in [3.05, 3.63) is 29.3 Å². The number of benzene rings is 1. The fourth-order valence-corrected chi connectivity index (χ4v) is 1.79. The predicted octanol–water partition coefficient (Wildman–Crippen LogP) is 2.67. The summed E-state index contributed by atoms with van der Waals surface area (Å²) >= 11 is 0. The number of nitrogens with one attached hydrogen (secondary N) is 1. The predicted molar refractivity (Wildman–Crippen MR) is 75.0 cm³/mol. The lowest BCUT2D eigenvalue weighted by atomic mass is 9.94. The van der Waals surface area contributed by atoms with Crippen molar-refractivity contribution in [1.82, 2.24) is 5.32 Å². The number of hydrogen-bond donors (Lipinski definition) is 2. The van der Waals surface area contributed by atoms with Crippen LogP contribution in [0.3, 0.4) is 0 Å². The molecule has 0 fully saturated rings. The molecule has 0 aliphatic heterocycles. The van der Waals surface area contributed by atoms with Crippen molar-refractivity contribution in [2.24, 2.45) is 5.41 Å². The van der Waals surface area contributed by atoms with E-state index < -0.39 is 0 Å². The Morgan fingerprint density at radius 2 is 2.06 bits per heavy atom. The molecule has 3 heteroatoms. The molecule has 0 aliphatic carbocycles. The van der Waals surface area contributed by atoms with Crippen LogP contribution in [0.25, 0.3) is 0 Å². The zero-order chi connectivity index (χ0) is 13.8. The van der Waals surface area contributed by atoms with E-state index in [0.29, 0.717) is 0 Å². The highest BCUT2D eigenvalue weighted by Crippen LogP contribution is 2.26. The van der Waals surface area contributed by atoms with Crippen molar-refractivity contribution in [1.29, 1.82) is 0 Å². The van der Waals surface area contributed by atoms with E-state index in [2.05, 4.69) is 25.2 Å². The highest BCUT2D eigenvalue weighted by atomic mass is 16.5. The third kappa shape index (κ3) is 4.00. The summed E-state index contributed by atoms with van der Waals surface area (Å²) in [6, 6.07) is 6.39. The molecule has 0 radical (unpaired) electrons. The van der Waals surface area contributed by atoms with Crippen molar-refractivity contribution in [3.63, 3.8) is 0 Å². The van der Waals surface area contributed by atoms with Crippen molar-refractivity contribution in [3.8, 4) is 5.75 Å². The van der Waals surface area contributed by atoms with Gasteiger partial charge in [0.15, 0.2) is 0 Å². The Labute approximate surface area is 110 Å². The Balaban J connectivity index is 2.77. The molecule has 0 heterocycles. The van der Waals surface area contributed by atoms with Gasteiger partial charge in [-0.25, -0.2) is 0 Å². The van der Waals surface area contributed by atoms with Gasteiger partial charge in [0.1, 0.15) is 5.75 Å². The first-order valence-corrected chi connectivity index (χ1v) is 6.38. The fourth-order valence-electron chi connectivity index (χ4n) is 1.79. The summed E-state index contributed by atoms with van der Waals surface area (Å²) in [6.07, 6.45) is 0. The molecule has 1 unspecified atom stereocenters. The van der Waals surface area contributed by atoms with Gasteiger partial charge < -0.3 is 15.2 Å². The maximum Gasteiger partial charge on any atom is 0.123 e. The summed E-state index contributed by atoms with van der Waals surface area (Å²) in [6.45, 7) is 9.22. The van der Waals surface area contributed by atoms with Crippen molar-refractivity contribution in [2.75, 3.05) is 20.3 Å². The largest absolute Gasteiger partial charge is 0.496 e. The molecule has 0 aliphatic rings. The van der Waals surface area contributed by atoms with Gasteiger partial charge in [0.05, 0.1) is 7.11 Å². The van der Waals surface area contributed by atoms with E-state index in [1.807, 2.05) is 26.0 Å². The van der Waals surface area contributed by atoms with Gasteiger partial charge in [0.2, 0.25) is 0 Å².